The van der Waals surface area contributed by atoms with E-state index in [9.17, 15) is 27.9 Å². The van der Waals surface area contributed by atoms with E-state index in [0.717, 1.165) is 22.6 Å². The van der Waals surface area contributed by atoms with Gasteiger partial charge in [-0.15, -0.1) is 13.2 Å². The Labute approximate surface area is 202 Å². The molecular formula is C24H17F3N2O5S. The molecule has 1 aliphatic heterocycles. The van der Waals surface area contributed by atoms with Crippen LogP contribution < -0.4 is 10.1 Å². The van der Waals surface area contributed by atoms with E-state index < -0.39 is 24.3 Å². The minimum atomic E-state index is -4.79. The summed E-state index contributed by atoms with van der Waals surface area (Å²) in [6, 6.07) is 15.9. The van der Waals surface area contributed by atoms with Crippen molar-refractivity contribution in [3.63, 3.8) is 0 Å². The van der Waals surface area contributed by atoms with E-state index in [4.69, 9.17) is 16.6 Å². The number of hydrogen-bond acceptors (Lipinski definition) is 5. The van der Waals surface area contributed by atoms with Crippen LogP contribution in [0.2, 0.25) is 0 Å². The normalized spacial score (nSPS) is 15.9. The first-order valence-corrected chi connectivity index (χ1v) is 10.6. The highest BCUT2D eigenvalue weighted by Gasteiger charge is 2.40. The molecular weight excluding hydrogens is 485 g/mol. The number of carboxylic acids is 1. The van der Waals surface area contributed by atoms with Gasteiger partial charge in [-0.05, 0) is 54.2 Å². The minimum absolute atomic E-state index is 0.0316. The fourth-order valence-electron chi connectivity index (χ4n) is 3.51. The van der Waals surface area contributed by atoms with Gasteiger partial charge >= 0.3 is 12.3 Å². The number of benzene rings is 2. The molecule has 1 aliphatic rings. The third kappa shape index (κ3) is 5.69. The average molecular weight is 502 g/mol. The zero-order valence-corrected chi connectivity index (χ0v) is 18.6. The lowest BCUT2D eigenvalue weighted by Gasteiger charge is -2.22. The van der Waals surface area contributed by atoms with Crippen LogP contribution in [-0.2, 0) is 16.0 Å². The fourth-order valence-corrected chi connectivity index (χ4v) is 3.83. The summed E-state index contributed by atoms with van der Waals surface area (Å²) in [5.74, 6) is -1.59. The first-order chi connectivity index (χ1) is 16.6. The second-order valence-corrected chi connectivity index (χ2v) is 7.87. The molecule has 0 radical (unpaired) electrons. The second-order valence-electron chi connectivity index (χ2n) is 7.48. The Hall–Kier alpha value is -4.12. The molecule has 3 aromatic rings. The summed E-state index contributed by atoms with van der Waals surface area (Å²) in [5, 5.41) is 12.4. The molecule has 2 aromatic carbocycles. The number of carboxylic acid groups (broad SMARTS) is 1. The summed E-state index contributed by atoms with van der Waals surface area (Å²) >= 11 is 5.22. The maximum atomic E-state index is 13.0. The van der Waals surface area contributed by atoms with Gasteiger partial charge in [0.25, 0.3) is 5.91 Å². The van der Waals surface area contributed by atoms with Crippen molar-refractivity contribution < 1.29 is 37.0 Å². The Morgan fingerprint density at radius 1 is 1.11 bits per heavy atom. The molecule has 0 spiro atoms. The monoisotopic (exact) mass is 502 g/mol. The van der Waals surface area contributed by atoms with Gasteiger partial charge in [-0.2, -0.15) is 0 Å². The number of aliphatic carboxylic acids is 1. The molecule has 7 nitrogen and oxygen atoms in total. The van der Waals surface area contributed by atoms with Gasteiger partial charge in [-0.3, -0.25) is 9.69 Å². The van der Waals surface area contributed by atoms with Gasteiger partial charge in [0.05, 0.1) is 0 Å². The lowest BCUT2D eigenvalue weighted by molar-refractivity contribution is -0.274. The van der Waals surface area contributed by atoms with Crippen LogP contribution in [0, 0.1) is 0 Å². The Morgan fingerprint density at radius 3 is 2.43 bits per heavy atom. The van der Waals surface area contributed by atoms with Gasteiger partial charge in [-0.1, -0.05) is 30.3 Å². The maximum Gasteiger partial charge on any atom is 0.573 e. The van der Waals surface area contributed by atoms with Gasteiger partial charge < -0.3 is 19.6 Å². The van der Waals surface area contributed by atoms with E-state index in [2.05, 4.69) is 10.1 Å². The van der Waals surface area contributed by atoms with E-state index >= 15 is 0 Å². The number of nitrogens with zero attached hydrogens (tertiary/aromatic N) is 1. The number of furan rings is 1. The van der Waals surface area contributed by atoms with E-state index in [0.29, 0.717) is 11.3 Å². The van der Waals surface area contributed by atoms with Crippen LogP contribution in [0.4, 0.5) is 13.2 Å². The van der Waals surface area contributed by atoms with Gasteiger partial charge in [0.1, 0.15) is 29.0 Å². The van der Waals surface area contributed by atoms with E-state index in [1.54, 1.807) is 42.5 Å². The molecule has 1 aromatic heterocycles. The van der Waals surface area contributed by atoms with Crippen LogP contribution in [0.25, 0.3) is 17.4 Å². The molecule has 0 bridgehead atoms. The number of halogens is 3. The van der Waals surface area contributed by atoms with Crippen LogP contribution >= 0.6 is 12.2 Å². The number of rotatable bonds is 7. The number of ether oxygens (including phenoxy) is 1. The largest absolute Gasteiger partial charge is 0.573 e. The van der Waals surface area contributed by atoms with Crippen molar-refractivity contribution >= 4 is 35.3 Å². The molecule has 1 unspecified atom stereocenters. The molecule has 0 aliphatic carbocycles. The lowest BCUT2D eigenvalue weighted by atomic mass is 10.0. The number of carbonyl (C=O) groups is 2. The third-order valence-corrected chi connectivity index (χ3v) is 5.36. The summed E-state index contributed by atoms with van der Waals surface area (Å²) in [5.41, 5.74) is 1.25. The van der Waals surface area contributed by atoms with Gasteiger partial charge in [0, 0.05) is 18.1 Å². The van der Waals surface area contributed by atoms with E-state index in [-0.39, 0.29) is 28.7 Å². The van der Waals surface area contributed by atoms with Crippen LogP contribution in [0.15, 0.2) is 76.8 Å². The van der Waals surface area contributed by atoms with Crippen molar-refractivity contribution in [2.24, 2.45) is 0 Å². The van der Waals surface area contributed by atoms with E-state index in [1.165, 1.54) is 18.2 Å². The fraction of sp³-hybridized carbons (Fsp3) is 0.125. The van der Waals surface area contributed by atoms with Crippen molar-refractivity contribution in [2.75, 3.05) is 0 Å². The summed E-state index contributed by atoms with van der Waals surface area (Å²) in [6.45, 7) is 0. The standard InChI is InChI=1S/C24H17F3N2O5S/c25-24(26,27)34-16-8-6-15(7-9-16)20-11-10-17(33-20)13-18-21(30)29(23(35)28-18)19(22(31)32)12-14-4-2-1-3-5-14/h1-11,13,19H,12H2,(H,28,35)(H,31,32)/b18-13-. The molecule has 11 heteroatoms. The average Bonchev–Trinajstić information content (AvgIpc) is 3.37. The molecule has 2 N–H and O–H groups in total. The number of amides is 1. The molecule has 0 saturated carbocycles. The molecule has 1 amide bonds. The smallest absolute Gasteiger partial charge is 0.480 e. The second kappa shape index (κ2) is 9.63. The first-order valence-electron chi connectivity index (χ1n) is 10.2. The topological polar surface area (TPSA) is 92.0 Å². The third-order valence-electron chi connectivity index (χ3n) is 5.06. The Morgan fingerprint density at radius 2 is 1.80 bits per heavy atom. The van der Waals surface area contributed by atoms with E-state index in [1.807, 2.05) is 0 Å². The molecule has 1 saturated heterocycles. The van der Waals surface area contributed by atoms with Crippen LogP contribution in [0.3, 0.4) is 0 Å². The molecule has 4 rings (SSSR count). The first kappa shape index (κ1) is 24.0. The maximum absolute atomic E-state index is 13.0. The minimum Gasteiger partial charge on any atom is -0.480 e. The van der Waals surface area contributed by atoms with Crippen LogP contribution in [0.1, 0.15) is 11.3 Å². The van der Waals surface area contributed by atoms with Crippen LogP contribution in [0.5, 0.6) is 5.75 Å². The number of hydrogen-bond donors (Lipinski definition) is 2. The molecule has 35 heavy (non-hydrogen) atoms. The van der Waals surface area contributed by atoms with Crippen molar-refractivity contribution in [1.82, 2.24) is 10.2 Å². The van der Waals surface area contributed by atoms with Crippen molar-refractivity contribution in [2.45, 2.75) is 18.8 Å². The Kier molecular flexibility index (Phi) is 6.61. The van der Waals surface area contributed by atoms with Gasteiger partial charge in [-0.25, -0.2) is 4.79 Å². The molecule has 1 fully saturated rings. The van der Waals surface area contributed by atoms with Crippen LogP contribution in [-0.4, -0.2) is 39.4 Å². The highest BCUT2D eigenvalue weighted by atomic mass is 32.1. The number of thiocarbonyl (C=S) groups is 1. The lowest BCUT2D eigenvalue weighted by Crippen LogP contribution is -2.46. The Bertz CT molecular complexity index is 1290. The molecule has 2 heterocycles. The van der Waals surface area contributed by atoms with Crippen molar-refractivity contribution in [1.29, 1.82) is 0 Å². The number of nitrogens with one attached hydrogen (secondary N) is 1. The molecule has 180 valence electrons. The Balaban J connectivity index is 1.51. The summed E-state index contributed by atoms with van der Waals surface area (Å²) in [4.78, 5) is 25.9. The predicted molar refractivity (Wildman–Crippen MR) is 123 cm³/mol. The predicted octanol–water partition coefficient (Wildman–Crippen LogP) is 4.60. The highest BCUT2D eigenvalue weighted by molar-refractivity contribution is 7.80. The zero-order valence-electron chi connectivity index (χ0n) is 17.8. The number of alkyl halides is 3. The zero-order chi connectivity index (χ0) is 25.2. The summed E-state index contributed by atoms with van der Waals surface area (Å²) < 4.78 is 46.5. The van der Waals surface area contributed by atoms with Crippen molar-refractivity contribution in [3.8, 4) is 17.1 Å². The highest BCUT2D eigenvalue weighted by Crippen LogP contribution is 2.28. The van der Waals surface area contributed by atoms with Gasteiger partial charge in [0.15, 0.2) is 5.11 Å². The van der Waals surface area contributed by atoms with Crippen molar-refractivity contribution in [3.05, 3.63) is 83.8 Å². The summed E-state index contributed by atoms with van der Waals surface area (Å²) in [6.07, 6.45) is -3.35. The SMILES string of the molecule is O=C(O)C(Cc1ccccc1)N1C(=O)/C(=C/c2ccc(-c3ccc(OC(F)(F)F)cc3)o2)NC1=S. The van der Waals surface area contributed by atoms with Gasteiger partial charge in [0.2, 0.25) is 0 Å². The summed E-state index contributed by atoms with van der Waals surface area (Å²) in [7, 11) is 0. The molecule has 1 atom stereocenters. The quantitative estimate of drug-likeness (QED) is 0.361. The number of carbonyl (C=O) groups excluding carboxylic acids is 1.